The van der Waals surface area contributed by atoms with E-state index < -0.39 is 0 Å². The predicted molar refractivity (Wildman–Crippen MR) is 99.0 cm³/mol. The van der Waals surface area contributed by atoms with E-state index >= 15 is 0 Å². The van der Waals surface area contributed by atoms with Crippen LogP contribution >= 0.6 is 0 Å². The Kier molecular flexibility index (Phi) is 6.00. The van der Waals surface area contributed by atoms with Crippen molar-refractivity contribution in [3.05, 3.63) is 53.1 Å². The summed E-state index contributed by atoms with van der Waals surface area (Å²) in [6, 6.07) is 10.6. The lowest BCUT2D eigenvalue weighted by molar-refractivity contribution is -0.114. The minimum Gasteiger partial charge on any atom is -0.473 e. The van der Waals surface area contributed by atoms with Crippen LogP contribution in [0.15, 0.2) is 36.4 Å². The van der Waals surface area contributed by atoms with Crippen molar-refractivity contribution in [2.75, 3.05) is 17.4 Å². The Labute approximate surface area is 147 Å². The molecule has 25 heavy (non-hydrogen) atoms. The Balaban J connectivity index is 1.89. The molecule has 0 aromatic heterocycles. The molecule has 0 fully saturated rings. The van der Waals surface area contributed by atoms with Crippen LogP contribution in [-0.4, -0.2) is 18.7 Å². The van der Waals surface area contributed by atoms with Gasteiger partial charge in [0.15, 0.2) is 6.73 Å². The number of carbonyl (C=O) groups is 2. The Morgan fingerprint density at radius 3 is 2.28 bits per heavy atom. The van der Waals surface area contributed by atoms with E-state index in [0.29, 0.717) is 11.4 Å². The average Bonchev–Trinajstić information content (AvgIpc) is 2.54. The van der Waals surface area contributed by atoms with Gasteiger partial charge in [0.05, 0.1) is 0 Å². The van der Waals surface area contributed by atoms with Gasteiger partial charge in [0.2, 0.25) is 5.91 Å². The summed E-state index contributed by atoms with van der Waals surface area (Å²) in [5, 5.41) is 8.02. The third-order valence-electron chi connectivity index (χ3n) is 3.76. The van der Waals surface area contributed by atoms with E-state index in [1.165, 1.54) is 6.92 Å². The van der Waals surface area contributed by atoms with Gasteiger partial charge in [-0.3, -0.25) is 4.79 Å². The van der Waals surface area contributed by atoms with Crippen LogP contribution in [0.3, 0.4) is 0 Å². The summed E-state index contributed by atoms with van der Waals surface area (Å²) >= 11 is 0. The van der Waals surface area contributed by atoms with Crippen molar-refractivity contribution >= 4 is 23.3 Å². The van der Waals surface area contributed by atoms with E-state index in [9.17, 15) is 9.59 Å². The lowest BCUT2D eigenvalue weighted by Gasteiger charge is -2.15. The molecule has 2 aromatic rings. The molecule has 0 atom stereocenters. The average molecular weight is 341 g/mol. The van der Waals surface area contributed by atoms with Gasteiger partial charge in [-0.05, 0) is 55.7 Å². The SMILES string of the molecule is CC(=O)Nc1cccc(NC(=O)NCOc2c(C)ccc(C)c2C)c1. The van der Waals surface area contributed by atoms with Crippen molar-refractivity contribution < 1.29 is 14.3 Å². The highest BCUT2D eigenvalue weighted by molar-refractivity contribution is 5.92. The largest absolute Gasteiger partial charge is 0.473 e. The summed E-state index contributed by atoms with van der Waals surface area (Å²) in [5.41, 5.74) is 4.41. The molecule has 0 aliphatic rings. The summed E-state index contributed by atoms with van der Waals surface area (Å²) in [4.78, 5) is 23.1. The molecule has 132 valence electrons. The van der Waals surface area contributed by atoms with E-state index in [-0.39, 0.29) is 18.7 Å². The fourth-order valence-electron chi connectivity index (χ4n) is 2.37. The first kappa shape index (κ1) is 18.3. The molecule has 6 nitrogen and oxygen atoms in total. The first-order chi connectivity index (χ1) is 11.9. The number of ether oxygens (including phenoxy) is 1. The highest BCUT2D eigenvalue weighted by atomic mass is 16.5. The van der Waals surface area contributed by atoms with Crippen molar-refractivity contribution in [1.29, 1.82) is 0 Å². The first-order valence-electron chi connectivity index (χ1n) is 7.99. The number of rotatable bonds is 5. The van der Waals surface area contributed by atoms with Crippen molar-refractivity contribution in [3.63, 3.8) is 0 Å². The molecule has 0 spiro atoms. The molecule has 2 rings (SSSR count). The summed E-state index contributed by atoms with van der Waals surface area (Å²) in [7, 11) is 0. The quantitative estimate of drug-likeness (QED) is 0.725. The van der Waals surface area contributed by atoms with Gasteiger partial charge < -0.3 is 20.7 Å². The van der Waals surface area contributed by atoms with E-state index in [0.717, 1.165) is 22.4 Å². The second-order valence-electron chi connectivity index (χ2n) is 5.84. The van der Waals surface area contributed by atoms with Crippen LogP contribution in [0.25, 0.3) is 0 Å². The number of amides is 3. The number of nitrogens with one attached hydrogen (secondary N) is 3. The van der Waals surface area contributed by atoms with Gasteiger partial charge in [-0.2, -0.15) is 0 Å². The maximum atomic E-state index is 12.0. The third-order valence-corrected chi connectivity index (χ3v) is 3.76. The smallest absolute Gasteiger partial charge is 0.321 e. The molecule has 0 bridgehead atoms. The minimum absolute atomic E-state index is 0.0579. The molecular formula is C19H23N3O3. The van der Waals surface area contributed by atoms with Crippen LogP contribution in [0.4, 0.5) is 16.2 Å². The normalized spacial score (nSPS) is 10.1. The zero-order chi connectivity index (χ0) is 18.4. The van der Waals surface area contributed by atoms with Gasteiger partial charge in [-0.15, -0.1) is 0 Å². The van der Waals surface area contributed by atoms with Crippen LogP contribution in [0.5, 0.6) is 5.75 Å². The Bertz CT molecular complexity index is 787. The monoisotopic (exact) mass is 341 g/mol. The maximum Gasteiger partial charge on any atom is 0.321 e. The van der Waals surface area contributed by atoms with Crippen LogP contribution in [-0.2, 0) is 4.79 Å². The second-order valence-corrected chi connectivity index (χ2v) is 5.84. The molecule has 3 N–H and O–H groups in total. The number of benzene rings is 2. The van der Waals surface area contributed by atoms with E-state index in [1.807, 2.05) is 32.9 Å². The lowest BCUT2D eigenvalue weighted by atomic mass is 10.1. The van der Waals surface area contributed by atoms with Crippen LogP contribution in [0, 0.1) is 20.8 Å². The highest BCUT2D eigenvalue weighted by Gasteiger charge is 2.07. The van der Waals surface area contributed by atoms with Crippen LogP contribution in [0.1, 0.15) is 23.6 Å². The summed E-state index contributed by atoms with van der Waals surface area (Å²) in [6.07, 6.45) is 0. The second kappa shape index (κ2) is 8.19. The molecule has 6 heteroatoms. The first-order valence-corrected chi connectivity index (χ1v) is 7.99. The summed E-state index contributed by atoms with van der Waals surface area (Å²) in [5.74, 6) is 0.617. The Morgan fingerprint density at radius 2 is 1.60 bits per heavy atom. The van der Waals surface area contributed by atoms with Gasteiger partial charge in [0.1, 0.15) is 5.75 Å². The molecule has 0 aliphatic heterocycles. The molecule has 2 aromatic carbocycles. The Morgan fingerprint density at radius 1 is 0.960 bits per heavy atom. The molecule has 0 radical (unpaired) electrons. The van der Waals surface area contributed by atoms with Crippen molar-refractivity contribution in [3.8, 4) is 5.75 Å². The summed E-state index contributed by atoms with van der Waals surface area (Å²) in [6.45, 7) is 7.46. The minimum atomic E-state index is -0.386. The highest BCUT2D eigenvalue weighted by Crippen LogP contribution is 2.25. The standard InChI is InChI=1S/C19H23N3O3/c1-12-8-9-13(2)18(14(12)3)25-11-20-19(24)22-17-7-5-6-16(10-17)21-15(4)23/h5-10H,11H2,1-4H3,(H,21,23)(H2,20,22,24). The number of hydrogen-bond acceptors (Lipinski definition) is 3. The lowest BCUT2D eigenvalue weighted by Crippen LogP contribution is -2.32. The van der Waals surface area contributed by atoms with Gasteiger partial charge in [-0.1, -0.05) is 18.2 Å². The molecule has 3 amide bonds. The molecule has 0 saturated heterocycles. The number of aryl methyl sites for hydroxylation is 2. The van der Waals surface area contributed by atoms with Gasteiger partial charge in [-0.25, -0.2) is 4.79 Å². The molecule has 0 unspecified atom stereocenters. The van der Waals surface area contributed by atoms with Crippen LogP contribution < -0.4 is 20.7 Å². The molecular weight excluding hydrogens is 318 g/mol. The number of urea groups is 1. The summed E-state index contributed by atoms with van der Waals surface area (Å²) < 4.78 is 5.70. The Hall–Kier alpha value is -3.02. The zero-order valence-electron chi connectivity index (χ0n) is 14.9. The van der Waals surface area contributed by atoms with Crippen molar-refractivity contribution in [2.24, 2.45) is 0 Å². The number of hydrogen-bond donors (Lipinski definition) is 3. The van der Waals surface area contributed by atoms with E-state index in [4.69, 9.17) is 4.74 Å². The van der Waals surface area contributed by atoms with Crippen molar-refractivity contribution in [2.45, 2.75) is 27.7 Å². The predicted octanol–water partition coefficient (Wildman–Crippen LogP) is 3.73. The van der Waals surface area contributed by atoms with E-state index in [1.54, 1.807) is 24.3 Å². The van der Waals surface area contributed by atoms with Gasteiger partial charge in [0, 0.05) is 18.3 Å². The van der Waals surface area contributed by atoms with Gasteiger partial charge >= 0.3 is 6.03 Å². The van der Waals surface area contributed by atoms with Crippen LogP contribution in [0.2, 0.25) is 0 Å². The van der Waals surface area contributed by atoms with Crippen molar-refractivity contribution in [1.82, 2.24) is 5.32 Å². The molecule has 0 saturated carbocycles. The van der Waals surface area contributed by atoms with Gasteiger partial charge in [0.25, 0.3) is 0 Å². The number of anilines is 2. The third kappa shape index (κ3) is 5.24. The fourth-order valence-corrected chi connectivity index (χ4v) is 2.37. The fraction of sp³-hybridized carbons (Fsp3) is 0.263. The number of carbonyl (C=O) groups excluding carboxylic acids is 2. The zero-order valence-corrected chi connectivity index (χ0v) is 14.9. The maximum absolute atomic E-state index is 12.0. The topological polar surface area (TPSA) is 79.5 Å². The molecule has 0 aliphatic carbocycles. The molecule has 0 heterocycles. The van der Waals surface area contributed by atoms with E-state index in [2.05, 4.69) is 16.0 Å².